The Morgan fingerprint density at radius 2 is 2.06 bits per heavy atom. The normalized spacial score (nSPS) is 10.0. The van der Waals surface area contributed by atoms with E-state index in [0.29, 0.717) is 23.0 Å². The van der Waals surface area contributed by atoms with Crippen LogP contribution in [0.4, 0.5) is 10.5 Å². The molecule has 7 heteroatoms. The number of carbonyl (C=O) groups excluding carboxylic acids is 2. The molecule has 0 unspecified atom stereocenters. The molecule has 5 nitrogen and oxygen atoms in total. The highest BCUT2D eigenvalue weighted by Crippen LogP contribution is 2.32. The summed E-state index contributed by atoms with van der Waals surface area (Å²) in [5, 5.41) is 5.22. The lowest BCUT2D eigenvalue weighted by atomic mass is 10.2. The van der Waals surface area contributed by atoms with Crippen molar-refractivity contribution in [1.82, 2.24) is 5.32 Å². The van der Waals surface area contributed by atoms with Crippen LogP contribution in [-0.4, -0.2) is 31.5 Å². The van der Waals surface area contributed by atoms with Crippen LogP contribution in [0.15, 0.2) is 0 Å². The molecule has 0 fully saturated rings. The van der Waals surface area contributed by atoms with Gasteiger partial charge in [0.15, 0.2) is 0 Å². The van der Waals surface area contributed by atoms with Crippen LogP contribution in [0, 0.1) is 13.8 Å². The third-order valence-corrected chi connectivity index (χ3v) is 3.75. The van der Waals surface area contributed by atoms with Crippen LogP contribution in [0.3, 0.4) is 0 Å². The third kappa shape index (κ3) is 3.36. The second-order valence-corrected chi connectivity index (χ2v) is 5.15. The molecule has 0 aromatic carbocycles. The number of aryl methyl sites for hydroxylation is 1. The fourth-order valence-corrected chi connectivity index (χ4v) is 2.46. The van der Waals surface area contributed by atoms with Crippen molar-refractivity contribution in [2.24, 2.45) is 0 Å². The Hall–Kier alpha value is -1.27. The Kier molecular flexibility index (Phi) is 5.43. The Balaban J connectivity index is 2.93. The van der Waals surface area contributed by atoms with Gasteiger partial charge in [-0.3, -0.25) is 0 Å². The second kappa shape index (κ2) is 6.61. The average molecular weight is 291 g/mol. The van der Waals surface area contributed by atoms with Crippen LogP contribution in [0.2, 0.25) is 0 Å². The van der Waals surface area contributed by atoms with E-state index < -0.39 is 5.97 Å². The molecule has 0 saturated carbocycles. The van der Waals surface area contributed by atoms with Crippen LogP contribution >= 0.6 is 22.9 Å². The zero-order valence-electron chi connectivity index (χ0n) is 10.4. The number of methoxy groups -OCH3 is 1. The highest BCUT2D eigenvalue weighted by atomic mass is 35.5. The van der Waals surface area contributed by atoms with Crippen molar-refractivity contribution in [2.75, 3.05) is 24.9 Å². The van der Waals surface area contributed by atoms with Crippen LogP contribution in [0.1, 0.15) is 20.1 Å². The van der Waals surface area contributed by atoms with Crippen molar-refractivity contribution in [3.63, 3.8) is 0 Å². The number of alkyl halides is 1. The first-order valence-corrected chi connectivity index (χ1v) is 6.65. The van der Waals surface area contributed by atoms with Gasteiger partial charge in [-0.05, 0) is 19.4 Å². The van der Waals surface area contributed by atoms with Gasteiger partial charge in [0.2, 0.25) is 0 Å². The predicted molar refractivity (Wildman–Crippen MR) is 72.9 cm³/mol. The van der Waals surface area contributed by atoms with Crippen molar-refractivity contribution < 1.29 is 14.3 Å². The monoisotopic (exact) mass is 290 g/mol. The van der Waals surface area contributed by atoms with E-state index in [0.717, 1.165) is 10.4 Å². The van der Waals surface area contributed by atoms with Crippen molar-refractivity contribution in [3.8, 4) is 0 Å². The Bertz CT molecular complexity index is 459. The molecular formula is C11H15ClN2O3S. The summed E-state index contributed by atoms with van der Waals surface area (Å²) in [7, 11) is 1.31. The molecule has 1 aromatic heterocycles. The van der Waals surface area contributed by atoms with E-state index in [1.165, 1.54) is 18.4 Å². The molecule has 0 aliphatic carbocycles. The summed E-state index contributed by atoms with van der Waals surface area (Å²) in [5.74, 6) is -0.123. The van der Waals surface area contributed by atoms with Gasteiger partial charge in [0, 0.05) is 17.3 Å². The topological polar surface area (TPSA) is 67.4 Å². The number of esters is 1. The lowest BCUT2D eigenvalue weighted by molar-refractivity contribution is 0.0607. The smallest absolute Gasteiger partial charge is 0.350 e. The minimum Gasteiger partial charge on any atom is -0.465 e. The number of nitrogens with one attached hydrogen (secondary N) is 2. The standard InChI is InChI=1S/C11H15ClN2O3S/c1-6-7(2)18-9(10(15)17-3)8(6)14-11(16)13-5-4-12/h4-5H2,1-3H3,(H2,13,14,16). The highest BCUT2D eigenvalue weighted by Gasteiger charge is 2.20. The Labute approximate surface area is 114 Å². The molecular weight excluding hydrogens is 276 g/mol. The van der Waals surface area contributed by atoms with Gasteiger partial charge in [-0.2, -0.15) is 0 Å². The first kappa shape index (κ1) is 14.8. The fraction of sp³-hybridized carbons (Fsp3) is 0.455. The van der Waals surface area contributed by atoms with Gasteiger partial charge < -0.3 is 15.4 Å². The molecule has 0 aliphatic rings. The molecule has 100 valence electrons. The summed E-state index contributed by atoms with van der Waals surface area (Å²) in [6, 6.07) is -0.387. The van der Waals surface area contributed by atoms with Gasteiger partial charge in [-0.15, -0.1) is 22.9 Å². The minimum absolute atomic E-state index is 0.332. The quantitative estimate of drug-likeness (QED) is 0.661. The maximum atomic E-state index is 11.6. The fourth-order valence-electron chi connectivity index (χ4n) is 1.33. The number of hydrogen-bond acceptors (Lipinski definition) is 4. The third-order valence-electron chi connectivity index (χ3n) is 2.37. The van der Waals surface area contributed by atoms with E-state index in [1.807, 2.05) is 13.8 Å². The molecule has 2 amide bonds. The molecule has 18 heavy (non-hydrogen) atoms. The number of thiophene rings is 1. The van der Waals surface area contributed by atoms with Gasteiger partial charge in [-0.1, -0.05) is 0 Å². The number of urea groups is 1. The van der Waals surface area contributed by atoms with E-state index >= 15 is 0 Å². The Morgan fingerprint density at radius 1 is 1.39 bits per heavy atom. The van der Waals surface area contributed by atoms with Crippen molar-refractivity contribution in [2.45, 2.75) is 13.8 Å². The number of amides is 2. The Morgan fingerprint density at radius 3 is 2.61 bits per heavy atom. The number of rotatable bonds is 4. The molecule has 0 bridgehead atoms. The molecule has 0 aliphatic heterocycles. The number of ether oxygens (including phenoxy) is 1. The van der Waals surface area contributed by atoms with Crippen LogP contribution in [0.5, 0.6) is 0 Å². The summed E-state index contributed by atoms with van der Waals surface area (Å²) in [6.07, 6.45) is 0. The SMILES string of the molecule is COC(=O)c1sc(C)c(C)c1NC(=O)NCCCl. The maximum Gasteiger partial charge on any atom is 0.350 e. The van der Waals surface area contributed by atoms with E-state index in [2.05, 4.69) is 15.4 Å². The largest absolute Gasteiger partial charge is 0.465 e. The van der Waals surface area contributed by atoms with Gasteiger partial charge in [0.05, 0.1) is 12.8 Å². The number of halogens is 1. The average Bonchev–Trinajstić information content (AvgIpc) is 2.63. The van der Waals surface area contributed by atoms with Gasteiger partial charge in [0.25, 0.3) is 0 Å². The lowest BCUT2D eigenvalue weighted by Crippen LogP contribution is -2.30. The molecule has 1 aromatic rings. The summed E-state index contributed by atoms with van der Waals surface area (Å²) in [5.41, 5.74) is 1.36. The van der Waals surface area contributed by atoms with E-state index in [-0.39, 0.29) is 6.03 Å². The first-order valence-electron chi connectivity index (χ1n) is 5.30. The number of anilines is 1. The lowest BCUT2D eigenvalue weighted by Gasteiger charge is -2.08. The van der Waals surface area contributed by atoms with E-state index in [9.17, 15) is 9.59 Å². The van der Waals surface area contributed by atoms with Crippen molar-refractivity contribution >= 4 is 40.6 Å². The predicted octanol–water partition coefficient (Wildman–Crippen LogP) is 2.51. The van der Waals surface area contributed by atoms with Gasteiger partial charge >= 0.3 is 12.0 Å². The molecule has 0 atom stereocenters. The second-order valence-electron chi connectivity index (χ2n) is 3.55. The number of hydrogen-bond donors (Lipinski definition) is 2. The summed E-state index contributed by atoms with van der Waals surface area (Å²) in [6.45, 7) is 4.09. The highest BCUT2D eigenvalue weighted by molar-refractivity contribution is 7.14. The molecule has 1 rings (SSSR count). The molecule has 2 N–H and O–H groups in total. The molecule has 0 radical (unpaired) electrons. The zero-order chi connectivity index (χ0) is 13.7. The van der Waals surface area contributed by atoms with Gasteiger partial charge in [0.1, 0.15) is 4.88 Å². The van der Waals surface area contributed by atoms with Crippen molar-refractivity contribution in [1.29, 1.82) is 0 Å². The van der Waals surface area contributed by atoms with Gasteiger partial charge in [-0.25, -0.2) is 9.59 Å². The van der Waals surface area contributed by atoms with Crippen LogP contribution in [0.25, 0.3) is 0 Å². The van der Waals surface area contributed by atoms with E-state index in [4.69, 9.17) is 11.6 Å². The van der Waals surface area contributed by atoms with E-state index in [1.54, 1.807) is 0 Å². The molecule has 0 spiro atoms. The summed E-state index contributed by atoms with van der Waals surface area (Å²) >= 11 is 6.77. The minimum atomic E-state index is -0.455. The first-order chi connectivity index (χ1) is 8.51. The van der Waals surface area contributed by atoms with Crippen LogP contribution in [-0.2, 0) is 4.74 Å². The summed E-state index contributed by atoms with van der Waals surface area (Å²) < 4.78 is 4.69. The molecule has 0 saturated heterocycles. The zero-order valence-corrected chi connectivity index (χ0v) is 12.0. The summed E-state index contributed by atoms with van der Waals surface area (Å²) in [4.78, 5) is 24.5. The van der Waals surface area contributed by atoms with Crippen LogP contribution < -0.4 is 10.6 Å². The molecule has 1 heterocycles. The van der Waals surface area contributed by atoms with Crippen molar-refractivity contribution in [3.05, 3.63) is 15.3 Å². The maximum absolute atomic E-state index is 11.6. The number of carbonyl (C=O) groups is 2.